The van der Waals surface area contributed by atoms with Crippen molar-refractivity contribution in [1.82, 2.24) is 5.32 Å². The predicted molar refractivity (Wildman–Crippen MR) is 61.8 cm³/mol. The summed E-state index contributed by atoms with van der Waals surface area (Å²) in [4.78, 5) is 0. The largest absolute Gasteiger partial charge is 0.376 e. The summed E-state index contributed by atoms with van der Waals surface area (Å²) in [6.07, 6.45) is 2.18. The van der Waals surface area contributed by atoms with Crippen LogP contribution in [0.5, 0.6) is 0 Å². The van der Waals surface area contributed by atoms with Gasteiger partial charge in [0, 0.05) is 12.2 Å². The lowest BCUT2D eigenvalue weighted by Gasteiger charge is -2.24. The maximum Gasteiger partial charge on any atom is 0.128 e. The van der Waals surface area contributed by atoms with Gasteiger partial charge in [-0.2, -0.15) is 0 Å². The van der Waals surface area contributed by atoms with E-state index in [9.17, 15) is 4.39 Å². The molecule has 2 nitrogen and oxygen atoms in total. The fourth-order valence-corrected chi connectivity index (χ4v) is 2.25. The quantitative estimate of drug-likeness (QED) is 0.847. The standard InChI is InChI=1S/C13H18FNO/c1-2-15-13(12-8-5-9-16-12)10-6-3-4-7-11(10)14/h3-4,6-7,12-13,15H,2,5,8-9H2,1H3. The van der Waals surface area contributed by atoms with Crippen molar-refractivity contribution in [2.24, 2.45) is 0 Å². The van der Waals surface area contributed by atoms with Crippen molar-refractivity contribution in [3.63, 3.8) is 0 Å². The molecule has 1 heterocycles. The molecule has 2 unspecified atom stereocenters. The third-order valence-corrected chi connectivity index (χ3v) is 3.00. The molecule has 1 aromatic rings. The first-order valence-corrected chi connectivity index (χ1v) is 5.92. The molecule has 0 aromatic heterocycles. The summed E-state index contributed by atoms with van der Waals surface area (Å²) in [5.74, 6) is -0.149. The van der Waals surface area contributed by atoms with E-state index in [0.717, 1.165) is 31.6 Å². The summed E-state index contributed by atoms with van der Waals surface area (Å²) >= 11 is 0. The Morgan fingerprint density at radius 3 is 2.94 bits per heavy atom. The van der Waals surface area contributed by atoms with E-state index < -0.39 is 0 Å². The van der Waals surface area contributed by atoms with Crippen molar-refractivity contribution >= 4 is 0 Å². The molecule has 0 radical (unpaired) electrons. The Hall–Kier alpha value is -0.930. The number of hydrogen-bond acceptors (Lipinski definition) is 2. The average molecular weight is 223 g/mol. The lowest BCUT2D eigenvalue weighted by molar-refractivity contribution is 0.0777. The first kappa shape index (κ1) is 11.6. The lowest BCUT2D eigenvalue weighted by atomic mass is 9.99. The van der Waals surface area contributed by atoms with E-state index in [-0.39, 0.29) is 18.0 Å². The highest BCUT2D eigenvalue weighted by Gasteiger charge is 2.28. The van der Waals surface area contributed by atoms with Gasteiger partial charge in [0.2, 0.25) is 0 Å². The Kier molecular flexibility index (Phi) is 3.91. The molecule has 88 valence electrons. The Bertz CT molecular complexity index is 336. The average Bonchev–Trinajstić information content (AvgIpc) is 2.80. The molecule has 0 amide bonds. The number of likely N-dealkylation sites (N-methyl/N-ethyl adjacent to an activating group) is 1. The van der Waals surface area contributed by atoms with Gasteiger partial charge >= 0.3 is 0 Å². The van der Waals surface area contributed by atoms with Gasteiger partial charge in [0.1, 0.15) is 5.82 Å². The first-order valence-electron chi connectivity index (χ1n) is 5.92. The minimum Gasteiger partial charge on any atom is -0.376 e. The molecule has 0 saturated carbocycles. The van der Waals surface area contributed by atoms with Crippen LogP contribution in [0.3, 0.4) is 0 Å². The summed E-state index contributed by atoms with van der Waals surface area (Å²) in [6.45, 7) is 3.64. The van der Waals surface area contributed by atoms with E-state index in [4.69, 9.17) is 4.74 Å². The predicted octanol–water partition coefficient (Wildman–Crippen LogP) is 2.66. The molecule has 1 saturated heterocycles. The molecule has 1 aromatic carbocycles. The van der Waals surface area contributed by atoms with E-state index in [2.05, 4.69) is 5.32 Å². The van der Waals surface area contributed by atoms with Crippen LogP contribution >= 0.6 is 0 Å². The molecular weight excluding hydrogens is 205 g/mol. The summed E-state index contributed by atoms with van der Waals surface area (Å²) < 4.78 is 19.4. The smallest absolute Gasteiger partial charge is 0.128 e. The van der Waals surface area contributed by atoms with E-state index in [1.807, 2.05) is 19.1 Å². The zero-order chi connectivity index (χ0) is 11.4. The SMILES string of the molecule is CCNC(c1ccccc1F)C1CCCO1. The van der Waals surface area contributed by atoms with E-state index in [1.54, 1.807) is 6.07 Å². The molecule has 1 aliphatic rings. The second-order valence-corrected chi connectivity index (χ2v) is 4.11. The van der Waals surface area contributed by atoms with Crippen LogP contribution in [-0.4, -0.2) is 19.3 Å². The van der Waals surface area contributed by atoms with Crippen LogP contribution in [0.25, 0.3) is 0 Å². The highest BCUT2D eigenvalue weighted by molar-refractivity contribution is 5.22. The number of ether oxygens (including phenoxy) is 1. The van der Waals surface area contributed by atoms with Crippen molar-refractivity contribution in [2.45, 2.75) is 31.9 Å². The molecular formula is C13H18FNO. The summed E-state index contributed by atoms with van der Waals surface area (Å²) in [5.41, 5.74) is 0.719. The maximum absolute atomic E-state index is 13.7. The maximum atomic E-state index is 13.7. The molecule has 16 heavy (non-hydrogen) atoms. The monoisotopic (exact) mass is 223 g/mol. The Morgan fingerprint density at radius 2 is 2.31 bits per heavy atom. The first-order chi connectivity index (χ1) is 7.83. The second-order valence-electron chi connectivity index (χ2n) is 4.11. The zero-order valence-corrected chi connectivity index (χ0v) is 9.58. The summed E-state index contributed by atoms with van der Waals surface area (Å²) in [7, 11) is 0. The molecule has 1 aliphatic heterocycles. The minimum atomic E-state index is -0.149. The van der Waals surface area contributed by atoms with Gasteiger partial charge < -0.3 is 10.1 Å². The second kappa shape index (κ2) is 5.41. The van der Waals surface area contributed by atoms with Crippen LogP contribution in [0.4, 0.5) is 4.39 Å². The molecule has 1 fully saturated rings. The zero-order valence-electron chi connectivity index (χ0n) is 9.58. The fraction of sp³-hybridized carbons (Fsp3) is 0.538. The van der Waals surface area contributed by atoms with Crippen LogP contribution in [0.2, 0.25) is 0 Å². The molecule has 2 atom stereocenters. The summed E-state index contributed by atoms with van der Waals surface area (Å²) in [5, 5.41) is 3.32. The molecule has 1 N–H and O–H groups in total. The van der Waals surface area contributed by atoms with Crippen LogP contribution < -0.4 is 5.32 Å². The van der Waals surface area contributed by atoms with Crippen LogP contribution in [0.1, 0.15) is 31.4 Å². The van der Waals surface area contributed by atoms with Crippen LogP contribution in [0.15, 0.2) is 24.3 Å². The van der Waals surface area contributed by atoms with Gasteiger partial charge in [-0.3, -0.25) is 0 Å². The third kappa shape index (κ3) is 2.42. The minimum absolute atomic E-state index is 0.0197. The highest BCUT2D eigenvalue weighted by Crippen LogP contribution is 2.28. The number of benzene rings is 1. The molecule has 2 rings (SSSR count). The van der Waals surface area contributed by atoms with Crippen molar-refractivity contribution in [3.8, 4) is 0 Å². The normalized spacial score (nSPS) is 22.2. The van der Waals surface area contributed by atoms with Crippen LogP contribution in [0, 0.1) is 5.82 Å². The Balaban J connectivity index is 2.21. The number of nitrogens with one attached hydrogen (secondary N) is 1. The number of rotatable bonds is 4. The molecule has 0 aliphatic carbocycles. The molecule has 0 spiro atoms. The highest BCUT2D eigenvalue weighted by atomic mass is 19.1. The van der Waals surface area contributed by atoms with Gasteiger partial charge in [-0.05, 0) is 25.5 Å². The van der Waals surface area contributed by atoms with E-state index >= 15 is 0 Å². The van der Waals surface area contributed by atoms with Gasteiger partial charge in [-0.25, -0.2) is 4.39 Å². The Morgan fingerprint density at radius 1 is 1.50 bits per heavy atom. The van der Waals surface area contributed by atoms with Crippen molar-refractivity contribution in [1.29, 1.82) is 0 Å². The number of halogens is 1. The van der Waals surface area contributed by atoms with Gasteiger partial charge in [-0.1, -0.05) is 25.1 Å². The van der Waals surface area contributed by atoms with Crippen LogP contribution in [-0.2, 0) is 4.74 Å². The summed E-state index contributed by atoms with van der Waals surface area (Å²) in [6, 6.07) is 6.92. The van der Waals surface area contributed by atoms with Gasteiger partial charge in [0.15, 0.2) is 0 Å². The molecule has 0 bridgehead atoms. The van der Waals surface area contributed by atoms with Crippen molar-refractivity contribution < 1.29 is 9.13 Å². The third-order valence-electron chi connectivity index (χ3n) is 3.00. The van der Waals surface area contributed by atoms with Crippen molar-refractivity contribution in [2.75, 3.05) is 13.2 Å². The van der Waals surface area contributed by atoms with Crippen molar-refractivity contribution in [3.05, 3.63) is 35.6 Å². The topological polar surface area (TPSA) is 21.3 Å². The Labute approximate surface area is 95.8 Å². The van der Waals surface area contributed by atoms with Gasteiger partial charge in [0.05, 0.1) is 12.1 Å². The molecule has 3 heteroatoms. The van der Waals surface area contributed by atoms with E-state index in [1.165, 1.54) is 6.07 Å². The fourth-order valence-electron chi connectivity index (χ4n) is 2.25. The van der Waals surface area contributed by atoms with Gasteiger partial charge in [0.25, 0.3) is 0 Å². The lowest BCUT2D eigenvalue weighted by Crippen LogP contribution is -2.32. The van der Waals surface area contributed by atoms with E-state index in [0.29, 0.717) is 0 Å². The van der Waals surface area contributed by atoms with Gasteiger partial charge in [-0.15, -0.1) is 0 Å². The number of hydrogen-bond donors (Lipinski definition) is 1.